The SMILES string of the molecule is C/C=C(Cl)\C(=C(\Cl)CC)c1noc(C2CC2)c1CO. The molecule has 0 bridgehead atoms. The molecule has 0 unspecified atom stereocenters. The van der Waals surface area contributed by atoms with Crippen LogP contribution in [0.25, 0.3) is 5.57 Å². The molecule has 2 rings (SSSR count). The number of rotatable bonds is 5. The van der Waals surface area contributed by atoms with Gasteiger partial charge in [0, 0.05) is 27.1 Å². The van der Waals surface area contributed by atoms with Gasteiger partial charge in [-0.15, -0.1) is 0 Å². The molecular weight excluding hydrogens is 285 g/mol. The van der Waals surface area contributed by atoms with Crippen molar-refractivity contribution < 1.29 is 9.63 Å². The maximum Gasteiger partial charge on any atom is 0.145 e. The molecule has 1 heterocycles. The molecule has 0 spiro atoms. The maximum absolute atomic E-state index is 9.59. The van der Waals surface area contributed by atoms with Crippen LogP contribution in [0.15, 0.2) is 20.7 Å². The number of halogens is 2. The van der Waals surface area contributed by atoms with E-state index < -0.39 is 0 Å². The largest absolute Gasteiger partial charge is 0.391 e. The van der Waals surface area contributed by atoms with E-state index in [1.807, 2.05) is 13.8 Å². The Labute approximate surface area is 122 Å². The van der Waals surface area contributed by atoms with Crippen molar-refractivity contribution in [3.8, 4) is 0 Å². The minimum Gasteiger partial charge on any atom is -0.391 e. The highest BCUT2D eigenvalue weighted by molar-refractivity contribution is 6.41. The van der Waals surface area contributed by atoms with Gasteiger partial charge in [0.15, 0.2) is 0 Å². The summed E-state index contributed by atoms with van der Waals surface area (Å²) in [6.07, 6.45) is 4.58. The number of aliphatic hydroxyl groups is 1. The highest BCUT2D eigenvalue weighted by atomic mass is 35.5. The van der Waals surface area contributed by atoms with E-state index in [0.29, 0.717) is 39.2 Å². The van der Waals surface area contributed by atoms with Crippen LogP contribution in [-0.4, -0.2) is 10.3 Å². The van der Waals surface area contributed by atoms with Crippen LogP contribution in [0, 0.1) is 0 Å². The summed E-state index contributed by atoms with van der Waals surface area (Å²) in [5, 5.41) is 14.8. The summed E-state index contributed by atoms with van der Waals surface area (Å²) in [7, 11) is 0. The van der Waals surface area contributed by atoms with Crippen molar-refractivity contribution in [2.75, 3.05) is 0 Å². The number of hydrogen-bond donors (Lipinski definition) is 1. The van der Waals surface area contributed by atoms with E-state index in [0.717, 1.165) is 18.6 Å². The number of aliphatic hydroxyl groups excluding tert-OH is 1. The lowest BCUT2D eigenvalue weighted by molar-refractivity contribution is 0.277. The first-order chi connectivity index (χ1) is 9.13. The zero-order valence-electron chi connectivity index (χ0n) is 11.0. The van der Waals surface area contributed by atoms with Crippen LogP contribution < -0.4 is 0 Å². The van der Waals surface area contributed by atoms with Crippen molar-refractivity contribution in [2.24, 2.45) is 0 Å². The van der Waals surface area contributed by atoms with E-state index in [4.69, 9.17) is 27.7 Å². The van der Waals surface area contributed by atoms with Gasteiger partial charge in [0.25, 0.3) is 0 Å². The summed E-state index contributed by atoms with van der Waals surface area (Å²) < 4.78 is 5.39. The number of nitrogens with zero attached hydrogens (tertiary/aromatic N) is 1. The second-order valence-electron chi connectivity index (χ2n) is 4.58. The summed E-state index contributed by atoms with van der Waals surface area (Å²) in [4.78, 5) is 0. The minimum atomic E-state index is -0.115. The molecule has 1 aliphatic rings. The molecule has 1 N–H and O–H groups in total. The van der Waals surface area contributed by atoms with E-state index in [2.05, 4.69) is 5.16 Å². The molecule has 1 fully saturated rings. The smallest absolute Gasteiger partial charge is 0.145 e. The first-order valence-electron chi connectivity index (χ1n) is 6.44. The number of hydrogen-bond acceptors (Lipinski definition) is 3. The summed E-state index contributed by atoms with van der Waals surface area (Å²) in [5.41, 5.74) is 1.94. The third kappa shape index (κ3) is 2.88. The first kappa shape index (κ1) is 14.6. The van der Waals surface area contributed by atoms with E-state index >= 15 is 0 Å². The Balaban J connectivity index is 2.54. The zero-order chi connectivity index (χ0) is 14.0. The molecule has 3 nitrogen and oxygen atoms in total. The fourth-order valence-corrected chi connectivity index (χ4v) is 2.47. The summed E-state index contributed by atoms with van der Waals surface area (Å²) >= 11 is 12.5. The van der Waals surface area contributed by atoms with Crippen LogP contribution in [0.5, 0.6) is 0 Å². The second kappa shape index (κ2) is 6.12. The highest BCUT2D eigenvalue weighted by Crippen LogP contribution is 2.44. The van der Waals surface area contributed by atoms with Crippen molar-refractivity contribution in [3.63, 3.8) is 0 Å². The monoisotopic (exact) mass is 301 g/mol. The van der Waals surface area contributed by atoms with Gasteiger partial charge in [-0.05, 0) is 26.2 Å². The predicted octanol–water partition coefficient (Wildman–Crippen LogP) is 4.55. The van der Waals surface area contributed by atoms with Gasteiger partial charge in [-0.2, -0.15) is 0 Å². The molecule has 0 atom stereocenters. The number of aromatic nitrogens is 1. The fourth-order valence-electron chi connectivity index (χ4n) is 2.03. The molecule has 1 saturated carbocycles. The Kier molecular flexibility index (Phi) is 4.71. The van der Waals surface area contributed by atoms with Gasteiger partial charge in [0.1, 0.15) is 11.5 Å². The Morgan fingerprint density at radius 2 is 2.16 bits per heavy atom. The Morgan fingerprint density at radius 1 is 1.47 bits per heavy atom. The minimum absolute atomic E-state index is 0.115. The van der Waals surface area contributed by atoms with Crippen molar-refractivity contribution in [1.29, 1.82) is 0 Å². The molecule has 1 aromatic heterocycles. The summed E-state index contributed by atoms with van der Waals surface area (Å²) in [6.45, 7) is 3.67. The quantitative estimate of drug-likeness (QED) is 0.812. The molecule has 19 heavy (non-hydrogen) atoms. The molecule has 0 aromatic carbocycles. The second-order valence-corrected chi connectivity index (χ2v) is 5.44. The van der Waals surface area contributed by atoms with Crippen molar-refractivity contribution in [2.45, 2.75) is 45.6 Å². The topological polar surface area (TPSA) is 46.3 Å². The van der Waals surface area contributed by atoms with Crippen LogP contribution in [0.1, 0.15) is 56.0 Å². The highest BCUT2D eigenvalue weighted by Gasteiger charge is 2.33. The molecule has 0 saturated heterocycles. The third-order valence-corrected chi connectivity index (χ3v) is 4.10. The van der Waals surface area contributed by atoms with Gasteiger partial charge in [-0.25, -0.2) is 0 Å². The Morgan fingerprint density at radius 3 is 2.63 bits per heavy atom. The van der Waals surface area contributed by atoms with Crippen molar-refractivity contribution >= 4 is 28.8 Å². The molecular formula is C14H17Cl2NO2. The first-order valence-corrected chi connectivity index (χ1v) is 7.20. The lowest BCUT2D eigenvalue weighted by atomic mass is 10.0. The van der Waals surface area contributed by atoms with Crippen LogP contribution in [0.3, 0.4) is 0 Å². The normalized spacial score (nSPS) is 17.6. The van der Waals surface area contributed by atoms with Crippen molar-refractivity contribution in [1.82, 2.24) is 5.16 Å². The average Bonchev–Trinajstić information content (AvgIpc) is 3.19. The van der Waals surface area contributed by atoms with Crippen LogP contribution in [0.4, 0.5) is 0 Å². The molecule has 104 valence electrons. The average molecular weight is 302 g/mol. The van der Waals surface area contributed by atoms with Crippen LogP contribution >= 0.6 is 23.2 Å². The number of allylic oxidation sites excluding steroid dienone is 4. The summed E-state index contributed by atoms with van der Waals surface area (Å²) in [5.74, 6) is 1.16. The van der Waals surface area contributed by atoms with Crippen LogP contribution in [0.2, 0.25) is 0 Å². The summed E-state index contributed by atoms with van der Waals surface area (Å²) in [6, 6.07) is 0. The lowest BCUT2D eigenvalue weighted by Gasteiger charge is -2.07. The Hall–Kier alpha value is -0.770. The molecule has 0 aliphatic heterocycles. The molecule has 0 radical (unpaired) electrons. The lowest BCUT2D eigenvalue weighted by Crippen LogP contribution is -1.96. The van der Waals surface area contributed by atoms with E-state index in [9.17, 15) is 5.11 Å². The van der Waals surface area contributed by atoms with E-state index in [1.165, 1.54) is 0 Å². The van der Waals surface area contributed by atoms with Gasteiger partial charge in [-0.3, -0.25) is 0 Å². The standard InChI is InChI=1S/C14H17Cl2NO2/c1-3-10(15)12(11(16)4-2)13-9(7-18)14(19-17-13)8-5-6-8/h3,8,18H,4-7H2,1-2H3/b10-3+,12-11-. The molecule has 1 aliphatic carbocycles. The van der Waals surface area contributed by atoms with Crippen LogP contribution in [-0.2, 0) is 6.61 Å². The Bertz CT molecular complexity index is 528. The fraction of sp³-hybridized carbons (Fsp3) is 0.500. The molecule has 1 aromatic rings. The molecule has 5 heteroatoms. The van der Waals surface area contributed by atoms with Gasteiger partial charge in [0.05, 0.1) is 6.61 Å². The van der Waals surface area contributed by atoms with Gasteiger partial charge in [-0.1, -0.05) is 41.4 Å². The van der Waals surface area contributed by atoms with Gasteiger partial charge in [0.2, 0.25) is 0 Å². The van der Waals surface area contributed by atoms with E-state index in [1.54, 1.807) is 6.08 Å². The van der Waals surface area contributed by atoms with Gasteiger partial charge >= 0.3 is 0 Å². The van der Waals surface area contributed by atoms with E-state index in [-0.39, 0.29) is 6.61 Å². The predicted molar refractivity (Wildman–Crippen MR) is 77.1 cm³/mol. The van der Waals surface area contributed by atoms with Crippen molar-refractivity contribution in [3.05, 3.63) is 33.2 Å². The molecule has 0 amide bonds. The van der Waals surface area contributed by atoms with Gasteiger partial charge < -0.3 is 9.63 Å². The zero-order valence-corrected chi connectivity index (χ0v) is 12.6. The third-order valence-electron chi connectivity index (χ3n) is 3.24. The maximum atomic E-state index is 9.59.